The Kier molecular flexibility index (Phi) is 3.99. The smallest absolute Gasteiger partial charge is 0.306 e. The number of allylic oxidation sites excluding steroid dienone is 1. The number of hydrogen-bond donors (Lipinski definition) is 2. The van der Waals surface area contributed by atoms with Crippen LogP contribution in [0.3, 0.4) is 0 Å². The molecule has 2 heterocycles. The molecule has 0 bridgehead atoms. The van der Waals surface area contributed by atoms with Crippen molar-refractivity contribution in [3.05, 3.63) is 11.1 Å². The zero-order valence-corrected chi connectivity index (χ0v) is 12.6. The van der Waals surface area contributed by atoms with Crippen molar-refractivity contribution >= 4 is 39.6 Å². The van der Waals surface area contributed by atoms with E-state index in [1.54, 1.807) is 6.08 Å². The number of urea groups is 1. The fraction of sp³-hybridized carbons (Fsp3) is 0.545. The molecule has 9 heteroatoms. The van der Waals surface area contributed by atoms with Gasteiger partial charge in [0.25, 0.3) is 0 Å². The zero-order chi connectivity index (χ0) is 15.0. The molecule has 2 aliphatic heterocycles. The average Bonchev–Trinajstić information content (AvgIpc) is 2.65. The molecule has 7 nitrogen and oxygen atoms in total. The first-order chi connectivity index (χ1) is 9.27. The second kappa shape index (κ2) is 5.27. The SMILES string of the molecule is CC[C@H](CNS(C)(=O)=O)C12N=CC(Cl)=CC1=NC(=O)N2. The highest BCUT2D eigenvalue weighted by Gasteiger charge is 2.48. The van der Waals surface area contributed by atoms with Crippen molar-refractivity contribution in [1.29, 1.82) is 0 Å². The highest BCUT2D eigenvalue weighted by molar-refractivity contribution is 7.88. The number of carbonyl (C=O) groups is 1. The maximum absolute atomic E-state index is 11.6. The lowest BCUT2D eigenvalue weighted by atomic mass is 9.85. The molecule has 0 radical (unpaired) electrons. The van der Waals surface area contributed by atoms with Gasteiger partial charge in [-0.3, -0.25) is 4.99 Å². The van der Waals surface area contributed by atoms with Gasteiger partial charge in [-0.25, -0.2) is 17.9 Å². The highest BCUT2D eigenvalue weighted by Crippen LogP contribution is 2.31. The number of nitrogens with zero attached hydrogens (tertiary/aromatic N) is 2. The Bertz CT molecular complexity index is 626. The van der Waals surface area contributed by atoms with E-state index in [-0.39, 0.29) is 12.5 Å². The van der Waals surface area contributed by atoms with Gasteiger partial charge < -0.3 is 5.32 Å². The predicted molar refractivity (Wildman–Crippen MR) is 77.8 cm³/mol. The summed E-state index contributed by atoms with van der Waals surface area (Å²) in [6.07, 6.45) is 4.69. The summed E-state index contributed by atoms with van der Waals surface area (Å²) in [7, 11) is -3.32. The third-order valence-electron chi connectivity index (χ3n) is 3.25. The number of carbonyl (C=O) groups excluding carboxylic acids is 1. The van der Waals surface area contributed by atoms with Crippen LogP contribution < -0.4 is 10.0 Å². The monoisotopic (exact) mass is 318 g/mol. The first kappa shape index (κ1) is 15.1. The number of hydrogen-bond acceptors (Lipinski definition) is 4. The van der Waals surface area contributed by atoms with Crippen LogP contribution in [0.1, 0.15) is 13.3 Å². The molecule has 2 atom stereocenters. The number of aliphatic imine (C=N–C) groups is 2. The third-order valence-corrected chi connectivity index (χ3v) is 4.15. The molecule has 0 fully saturated rings. The first-order valence-corrected chi connectivity index (χ1v) is 8.32. The number of rotatable bonds is 5. The number of nitrogens with one attached hydrogen (secondary N) is 2. The van der Waals surface area contributed by atoms with Gasteiger partial charge in [0, 0.05) is 18.7 Å². The Labute approximate surface area is 122 Å². The van der Waals surface area contributed by atoms with Crippen LogP contribution in [0.2, 0.25) is 0 Å². The summed E-state index contributed by atoms with van der Waals surface area (Å²) in [4.78, 5) is 19.7. The van der Waals surface area contributed by atoms with Gasteiger partial charge in [0.15, 0.2) is 5.66 Å². The van der Waals surface area contributed by atoms with Crippen molar-refractivity contribution in [3.8, 4) is 0 Å². The Morgan fingerprint density at radius 1 is 1.55 bits per heavy atom. The number of amides is 2. The molecule has 2 aliphatic rings. The van der Waals surface area contributed by atoms with E-state index in [2.05, 4.69) is 20.0 Å². The number of fused-ring (bicyclic) bond motifs is 1. The van der Waals surface area contributed by atoms with Gasteiger partial charge in [-0.05, 0) is 12.5 Å². The molecular weight excluding hydrogens is 304 g/mol. The topological polar surface area (TPSA) is 100.0 Å². The van der Waals surface area contributed by atoms with E-state index < -0.39 is 21.7 Å². The van der Waals surface area contributed by atoms with Crippen LogP contribution in [-0.2, 0) is 10.0 Å². The molecule has 1 unspecified atom stereocenters. The largest absolute Gasteiger partial charge is 0.343 e. The van der Waals surface area contributed by atoms with Crippen LogP contribution >= 0.6 is 11.6 Å². The molecule has 2 amide bonds. The third kappa shape index (κ3) is 2.92. The van der Waals surface area contributed by atoms with Crippen LogP contribution in [0.5, 0.6) is 0 Å². The van der Waals surface area contributed by atoms with Gasteiger partial charge in [0.2, 0.25) is 10.0 Å². The first-order valence-electron chi connectivity index (χ1n) is 6.05. The molecule has 0 saturated heterocycles. The van der Waals surface area contributed by atoms with E-state index in [0.29, 0.717) is 17.2 Å². The molecule has 0 saturated carbocycles. The summed E-state index contributed by atoms with van der Waals surface area (Å²) in [5.41, 5.74) is -0.626. The van der Waals surface area contributed by atoms with Gasteiger partial charge in [0.1, 0.15) is 0 Å². The molecule has 0 spiro atoms. The lowest BCUT2D eigenvalue weighted by Crippen LogP contribution is -2.56. The minimum atomic E-state index is -3.32. The molecule has 20 heavy (non-hydrogen) atoms. The van der Waals surface area contributed by atoms with Crippen molar-refractivity contribution in [2.75, 3.05) is 12.8 Å². The minimum absolute atomic E-state index is 0.150. The molecule has 2 rings (SSSR count). The fourth-order valence-electron chi connectivity index (χ4n) is 2.28. The zero-order valence-electron chi connectivity index (χ0n) is 11.1. The minimum Gasteiger partial charge on any atom is -0.306 e. The van der Waals surface area contributed by atoms with E-state index in [9.17, 15) is 13.2 Å². The van der Waals surface area contributed by atoms with E-state index >= 15 is 0 Å². The van der Waals surface area contributed by atoms with Crippen molar-refractivity contribution in [1.82, 2.24) is 10.0 Å². The molecule has 0 aromatic carbocycles. The molecule has 110 valence electrons. The van der Waals surface area contributed by atoms with Crippen molar-refractivity contribution in [2.45, 2.75) is 19.0 Å². The van der Waals surface area contributed by atoms with Gasteiger partial charge in [-0.15, -0.1) is 0 Å². The van der Waals surface area contributed by atoms with Crippen LogP contribution in [0, 0.1) is 5.92 Å². The Balaban J connectivity index is 2.30. The van der Waals surface area contributed by atoms with Crippen LogP contribution in [0.15, 0.2) is 21.1 Å². The summed E-state index contributed by atoms with van der Waals surface area (Å²) in [5.74, 6) is -0.264. The summed E-state index contributed by atoms with van der Waals surface area (Å²) in [5, 5.41) is 3.08. The Hall–Kier alpha value is -1.25. The quantitative estimate of drug-likeness (QED) is 0.777. The Morgan fingerprint density at radius 3 is 2.85 bits per heavy atom. The van der Waals surface area contributed by atoms with E-state index in [0.717, 1.165) is 6.26 Å². The lowest BCUT2D eigenvalue weighted by molar-refractivity contribution is 0.237. The molecule has 0 aromatic heterocycles. The second-order valence-corrected chi connectivity index (χ2v) is 6.98. The standard InChI is InChI=1S/C11H15ClN4O3S/c1-3-7(5-14-20(2,18)19)11-9(15-10(17)16-11)4-8(12)6-13-11/h4,6-7,14H,3,5H2,1-2H3,(H,16,17)/t7-,11?/m1/s1. The molecule has 0 aromatic rings. The maximum Gasteiger partial charge on any atom is 0.343 e. The van der Waals surface area contributed by atoms with Gasteiger partial charge in [-0.2, -0.15) is 4.99 Å². The van der Waals surface area contributed by atoms with Crippen LogP contribution in [-0.4, -0.2) is 44.8 Å². The van der Waals surface area contributed by atoms with Gasteiger partial charge >= 0.3 is 6.03 Å². The van der Waals surface area contributed by atoms with Gasteiger partial charge in [0.05, 0.1) is 17.0 Å². The summed E-state index contributed by atoms with van der Waals surface area (Å²) in [6, 6.07) is -0.502. The normalized spacial score (nSPS) is 26.6. The Morgan fingerprint density at radius 2 is 2.25 bits per heavy atom. The molecular formula is C11H15ClN4O3S. The second-order valence-electron chi connectivity index (χ2n) is 4.71. The summed E-state index contributed by atoms with van der Waals surface area (Å²) < 4.78 is 24.9. The summed E-state index contributed by atoms with van der Waals surface area (Å²) >= 11 is 5.87. The van der Waals surface area contributed by atoms with E-state index in [4.69, 9.17) is 11.6 Å². The fourth-order valence-corrected chi connectivity index (χ4v) is 2.93. The van der Waals surface area contributed by atoms with Crippen LogP contribution in [0.4, 0.5) is 4.79 Å². The number of dihydropyridines is 1. The van der Waals surface area contributed by atoms with Crippen LogP contribution in [0.25, 0.3) is 0 Å². The number of halogens is 1. The van der Waals surface area contributed by atoms with Crippen molar-refractivity contribution < 1.29 is 13.2 Å². The van der Waals surface area contributed by atoms with Gasteiger partial charge in [-0.1, -0.05) is 18.5 Å². The van der Waals surface area contributed by atoms with Crippen molar-refractivity contribution in [3.63, 3.8) is 0 Å². The predicted octanol–water partition coefficient (Wildman–Crippen LogP) is 0.629. The van der Waals surface area contributed by atoms with E-state index in [1.165, 1.54) is 6.21 Å². The summed E-state index contributed by atoms with van der Waals surface area (Å²) in [6.45, 7) is 2.04. The highest BCUT2D eigenvalue weighted by atomic mass is 35.5. The lowest BCUT2D eigenvalue weighted by Gasteiger charge is -2.35. The molecule has 0 aliphatic carbocycles. The van der Waals surface area contributed by atoms with Crippen molar-refractivity contribution in [2.24, 2.45) is 15.9 Å². The van der Waals surface area contributed by atoms with E-state index in [1.807, 2.05) is 6.92 Å². The molecule has 2 N–H and O–H groups in total. The number of sulfonamides is 1. The average molecular weight is 319 g/mol. The maximum atomic E-state index is 11.6.